The fraction of sp³-hybridized carbons (Fsp3) is 0.389. The molecule has 0 bridgehead atoms. The van der Waals surface area contributed by atoms with Crippen LogP contribution in [0, 0.1) is 6.92 Å². The number of aryl methyl sites for hydroxylation is 1. The zero-order chi connectivity index (χ0) is 18.7. The molecular formula is C18H21NO4S2. The minimum absolute atomic E-state index is 0.0934. The Bertz CT molecular complexity index is 756. The van der Waals surface area contributed by atoms with E-state index in [0.717, 1.165) is 22.4 Å². The minimum atomic E-state index is -0.953. The number of ether oxygens (including phenoxy) is 1. The Morgan fingerprint density at radius 3 is 2.68 bits per heavy atom. The molecule has 0 saturated carbocycles. The van der Waals surface area contributed by atoms with Gasteiger partial charge in [-0.25, -0.2) is 0 Å². The Morgan fingerprint density at radius 1 is 1.44 bits per heavy atom. The van der Waals surface area contributed by atoms with Gasteiger partial charge in [-0.2, -0.15) is 0 Å². The number of methoxy groups -OCH3 is 1. The number of benzene rings is 1. The summed E-state index contributed by atoms with van der Waals surface area (Å²) in [5.74, 6) is -0.0744. The molecule has 1 saturated heterocycles. The Labute approximate surface area is 157 Å². The van der Waals surface area contributed by atoms with Crippen LogP contribution in [0.1, 0.15) is 42.9 Å². The topological polar surface area (TPSA) is 66.8 Å². The summed E-state index contributed by atoms with van der Waals surface area (Å²) in [6.07, 6.45) is 1.69. The van der Waals surface area contributed by atoms with Crippen LogP contribution < -0.4 is 4.74 Å². The van der Waals surface area contributed by atoms with E-state index in [1.807, 2.05) is 25.1 Å². The van der Waals surface area contributed by atoms with Crippen LogP contribution in [0.2, 0.25) is 0 Å². The van der Waals surface area contributed by atoms with Crippen molar-refractivity contribution in [1.29, 1.82) is 0 Å². The van der Waals surface area contributed by atoms with Gasteiger partial charge in [-0.1, -0.05) is 37.8 Å². The van der Waals surface area contributed by atoms with Gasteiger partial charge >= 0.3 is 5.97 Å². The third kappa shape index (κ3) is 4.41. The van der Waals surface area contributed by atoms with Crippen LogP contribution in [0.4, 0.5) is 0 Å². The molecule has 134 valence electrons. The fourth-order valence-electron chi connectivity index (χ4n) is 2.54. The molecule has 1 aromatic rings. The summed E-state index contributed by atoms with van der Waals surface area (Å²) in [5, 5.41) is 8.80. The van der Waals surface area contributed by atoms with Crippen LogP contribution >= 0.6 is 24.0 Å². The van der Waals surface area contributed by atoms with Gasteiger partial charge in [0.05, 0.1) is 18.4 Å². The summed E-state index contributed by atoms with van der Waals surface area (Å²) in [6, 6.07) is 4.00. The summed E-state index contributed by atoms with van der Waals surface area (Å²) < 4.78 is 5.84. The van der Waals surface area contributed by atoms with Crippen molar-refractivity contribution in [2.75, 3.05) is 13.7 Å². The smallest absolute Gasteiger partial charge is 0.305 e. The quantitative estimate of drug-likeness (QED) is 0.599. The first kappa shape index (κ1) is 19.5. The average Bonchev–Trinajstić information content (AvgIpc) is 2.80. The number of thioether (sulfide) groups is 1. The minimum Gasteiger partial charge on any atom is -0.496 e. The highest BCUT2D eigenvalue weighted by Crippen LogP contribution is 2.35. The predicted molar refractivity (Wildman–Crippen MR) is 104 cm³/mol. The lowest BCUT2D eigenvalue weighted by Gasteiger charge is -2.15. The monoisotopic (exact) mass is 379 g/mol. The van der Waals surface area contributed by atoms with Crippen molar-refractivity contribution in [1.82, 2.24) is 4.90 Å². The van der Waals surface area contributed by atoms with Gasteiger partial charge in [0.25, 0.3) is 5.91 Å². The predicted octanol–water partition coefficient (Wildman–Crippen LogP) is 3.80. The molecule has 1 aliphatic heterocycles. The summed E-state index contributed by atoms with van der Waals surface area (Å²) >= 11 is 6.42. The second-order valence-corrected chi connectivity index (χ2v) is 7.76. The molecule has 25 heavy (non-hydrogen) atoms. The summed E-state index contributed by atoms with van der Waals surface area (Å²) in [4.78, 5) is 25.1. The van der Waals surface area contributed by atoms with Crippen LogP contribution in [-0.2, 0) is 9.59 Å². The van der Waals surface area contributed by atoms with Crippen molar-refractivity contribution in [3.63, 3.8) is 0 Å². The highest BCUT2D eigenvalue weighted by Gasteiger charge is 2.32. The van der Waals surface area contributed by atoms with Gasteiger partial charge in [0.1, 0.15) is 10.1 Å². The second-order valence-electron chi connectivity index (χ2n) is 6.08. The van der Waals surface area contributed by atoms with Gasteiger partial charge in [0.15, 0.2) is 0 Å². The molecule has 0 atom stereocenters. The van der Waals surface area contributed by atoms with Crippen molar-refractivity contribution >= 4 is 46.3 Å². The van der Waals surface area contributed by atoms with Gasteiger partial charge in [-0.15, -0.1) is 0 Å². The van der Waals surface area contributed by atoms with Crippen LogP contribution in [0.15, 0.2) is 17.0 Å². The number of amides is 1. The maximum atomic E-state index is 12.5. The number of rotatable bonds is 6. The van der Waals surface area contributed by atoms with Gasteiger partial charge in [0.2, 0.25) is 0 Å². The van der Waals surface area contributed by atoms with E-state index in [2.05, 4.69) is 13.8 Å². The number of hydrogen-bond donors (Lipinski definition) is 1. The Morgan fingerprint density at radius 2 is 2.12 bits per heavy atom. The second kappa shape index (κ2) is 8.01. The molecule has 1 aromatic carbocycles. The summed E-state index contributed by atoms with van der Waals surface area (Å²) in [7, 11) is 1.65. The van der Waals surface area contributed by atoms with Gasteiger partial charge < -0.3 is 9.84 Å². The first-order valence-electron chi connectivity index (χ1n) is 7.90. The fourth-order valence-corrected chi connectivity index (χ4v) is 3.84. The number of hydrogen-bond acceptors (Lipinski definition) is 5. The molecule has 1 fully saturated rings. The summed E-state index contributed by atoms with van der Waals surface area (Å²) in [6.45, 7) is 6.23. The molecule has 0 spiro atoms. The maximum absolute atomic E-state index is 12.5. The van der Waals surface area contributed by atoms with E-state index < -0.39 is 5.97 Å². The van der Waals surface area contributed by atoms with Gasteiger partial charge in [-0.05, 0) is 47.7 Å². The van der Waals surface area contributed by atoms with E-state index in [1.165, 1.54) is 16.7 Å². The Kier molecular flexibility index (Phi) is 6.24. The number of nitrogens with zero attached hydrogens (tertiary/aromatic N) is 1. The number of carboxylic acids is 1. The molecule has 5 nitrogen and oxygen atoms in total. The molecule has 0 aromatic heterocycles. The number of aliphatic carboxylic acids is 1. The summed E-state index contributed by atoms with van der Waals surface area (Å²) in [5.41, 5.74) is 3.00. The third-order valence-corrected chi connectivity index (χ3v) is 5.33. The Balaban J connectivity index is 2.34. The van der Waals surface area contributed by atoms with Crippen LogP contribution in [0.5, 0.6) is 5.75 Å². The first-order chi connectivity index (χ1) is 11.7. The van der Waals surface area contributed by atoms with E-state index in [-0.39, 0.29) is 24.8 Å². The highest BCUT2D eigenvalue weighted by atomic mass is 32.2. The molecule has 7 heteroatoms. The van der Waals surface area contributed by atoms with Crippen molar-refractivity contribution < 1.29 is 19.4 Å². The van der Waals surface area contributed by atoms with Crippen molar-refractivity contribution in [3.05, 3.63) is 33.7 Å². The molecule has 2 rings (SSSR count). The van der Waals surface area contributed by atoms with Crippen molar-refractivity contribution in [2.45, 2.75) is 33.1 Å². The van der Waals surface area contributed by atoms with E-state index in [0.29, 0.717) is 9.23 Å². The number of carbonyl (C=O) groups excluding carboxylic acids is 1. The highest BCUT2D eigenvalue weighted by molar-refractivity contribution is 8.26. The normalized spacial score (nSPS) is 16.2. The van der Waals surface area contributed by atoms with Crippen LogP contribution in [0.25, 0.3) is 6.08 Å². The maximum Gasteiger partial charge on any atom is 0.305 e. The SMILES string of the molecule is COc1cc(C)c(C=C2SC(=S)N(CCC(=O)O)C2=O)cc1C(C)C. The van der Waals surface area contributed by atoms with E-state index >= 15 is 0 Å². The lowest BCUT2D eigenvalue weighted by Crippen LogP contribution is -2.30. The average molecular weight is 380 g/mol. The molecule has 0 unspecified atom stereocenters. The molecule has 1 heterocycles. The molecular weight excluding hydrogens is 358 g/mol. The van der Waals surface area contributed by atoms with E-state index in [1.54, 1.807) is 7.11 Å². The molecule has 0 aliphatic carbocycles. The molecule has 1 amide bonds. The van der Waals surface area contributed by atoms with Gasteiger partial charge in [-0.3, -0.25) is 14.5 Å². The standard InChI is InChI=1S/C18H21NO4S2/c1-10(2)13-8-12(11(3)7-14(13)23-4)9-15-17(22)19(18(24)25-15)6-5-16(20)21/h7-10H,5-6H2,1-4H3,(H,20,21). The van der Waals surface area contributed by atoms with Crippen LogP contribution in [0.3, 0.4) is 0 Å². The third-order valence-electron chi connectivity index (χ3n) is 3.95. The Hall–Kier alpha value is -1.86. The zero-order valence-electron chi connectivity index (χ0n) is 14.7. The van der Waals surface area contributed by atoms with E-state index in [4.69, 9.17) is 22.1 Å². The van der Waals surface area contributed by atoms with Crippen molar-refractivity contribution in [2.24, 2.45) is 0 Å². The number of carboxylic acid groups (broad SMARTS) is 1. The van der Waals surface area contributed by atoms with Crippen molar-refractivity contribution in [3.8, 4) is 5.75 Å². The lowest BCUT2D eigenvalue weighted by atomic mass is 9.96. The lowest BCUT2D eigenvalue weighted by molar-refractivity contribution is -0.137. The number of carbonyl (C=O) groups is 2. The van der Waals surface area contributed by atoms with E-state index in [9.17, 15) is 9.59 Å². The van der Waals surface area contributed by atoms with Gasteiger partial charge in [0, 0.05) is 6.54 Å². The number of thiocarbonyl (C=S) groups is 1. The largest absolute Gasteiger partial charge is 0.496 e. The first-order valence-corrected chi connectivity index (χ1v) is 9.12. The van der Waals surface area contributed by atoms with Crippen LogP contribution in [-0.4, -0.2) is 39.9 Å². The molecule has 0 radical (unpaired) electrons. The zero-order valence-corrected chi connectivity index (χ0v) is 16.3. The molecule has 1 aliphatic rings. The molecule has 1 N–H and O–H groups in total.